The number of carbonyl (C=O) groups excluding carboxylic acids is 1. The van der Waals surface area contributed by atoms with E-state index in [1.807, 2.05) is 18.1 Å². The topological polar surface area (TPSA) is 33.2 Å². The SMILES string of the molecule is CC(=O)CN(C)C(C)c1ccc(C(C)(C)C)nc1. The summed E-state index contributed by atoms with van der Waals surface area (Å²) in [5.41, 5.74) is 2.31. The third kappa shape index (κ3) is 3.91. The van der Waals surface area contributed by atoms with Crippen LogP contribution in [0.2, 0.25) is 0 Å². The summed E-state index contributed by atoms with van der Waals surface area (Å²) in [6.07, 6.45) is 1.92. The fourth-order valence-electron chi connectivity index (χ4n) is 1.84. The molecule has 1 atom stereocenters. The fourth-order valence-corrected chi connectivity index (χ4v) is 1.84. The molecule has 0 spiro atoms. The molecular weight excluding hydrogens is 224 g/mol. The minimum Gasteiger partial charge on any atom is -0.299 e. The highest BCUT2D eigenvalue weighted by Gasteiger charge is 2.17. The molecular formula is C15H24N2O. The molecule has 1 rings (SSSR count). The Bertz CT molecular complexity index is 403. The van der Waals surface area contributed by atoms with E-state index in [-0.39, 0.29) is 17.2 Å². The van der Waals surface area contributed by atoms with Gasteiger partial charge in [0, 0.05) is 23.3 Å². The number of likely N-dealkylation sites (N-methyl/N-ethyl adjacent to an activating group) is 1. The summed E-state index contributed by atoms with van der Waals surface area (Å²) in [4.78, 5) is 17.7. The van der Waals surface area contributed by atoms with Crippen LogP contribution in [0.15, 0.2) is 18.3 Å². The second-order valence-electron chi connectivity index (χ2n) is 6.02. The van der Waals surface area contributed by atoms with Gasteiger partial charge in [-0.25, -0.2) is 0 Å². The van der Waals surface area contributed by atoms with Crippen LogP contribution in [0.4, 0.5) is 0 Å². The average Bonchev–Trinajstić information content (AvgIpc) is 2.26. The number of rotatable bonds is 4. The maximum Gasteiger partial charge on any atom is 0.143 e. The second-order valence-corrected chi connectivity index (χ2v) is 6.02. The van der Waals surface area contributed by atoms with E-state index in [1.165, 1.54) is 0 Å². The van der Waals surface area contributed by atoms with Gasteiger partial charge in [0.05, 0.1) is 6.54 Å². The van der Waals surface area contributed by atoms with Crippen LogP contribution in [0.3, 0.4) is 0 Å². The smallest absolute Gasteiger partial charge is 0.143 e. The third-order valence-corrected chi connectivity index (χ3v) is 3.17. The Hall–Kier alpha value is -1.22. The summed E-state index contributed by atoms with van der Waals surface area (Å²) in [5.74, 6) is 0.184. The minimum atomic E-state index is 0.0764. The van der Waals surface area contributed by atoms with Gasteiger partial charge in [0.2, 0.25) is 0 Å². The molecule has 1 heterocycles. The van der Waals surface area contributed by atoms with Gasteiger partial charge in [-0.3, -0.25) is 14.7 Å². The highest BCUT2D eigenvalue weighted by molar-refractivity contribution is 5.77. The Labute approximate surface area is 110 Å². The summed E-state index contributed by atoms with van der Waals surface area (Å²) in [6.45, 7) is 10.6. The lowest BCUT2D eigenvalue weighted by molar-refractivity contribution is -0.118. The molecule has 1 unspecified atom stereocenters. The molecule has 0 aliphatic rings. The van der Waals surface area contributed by atoms with Crippen molar-refractivity contribution in [2.45, 2.75) is 46.1 Å². The number of carbonyl (C=O) groups is 1. The molecule has 0 amide bonds. The van der Waals surface area contributed by atoms with Gasteiger partial charge in [-0.15, -0.1) is 0 Å². The molecule has 0 aromatic carbocycles. The van der Waals surface area contributed by atoms with Crippen molar-refractivity contribution in [3.63, 3.8) is 0 Å². The van der Waals surface area contributed by atoms with Crippen molar-refractivity contribution >= 4 is 5.78 Å². The summed E-state index contributed by atoms with van der Waals surface area (Å²) < 4.78 is 0. The van der Waals surface area contributed by atoms with E-state index < -0.39 is 0 Å². The summed E-state index contributed by atoms with van der Waals surface area (Å²) in [6, 6.07) is 4.39. The van der Waals surface area contributed by atoms with E-state index in [1.54, 1.807) is 6.92 Å². The molecule has 0 fully saturated rings. The first-order valence-corrected chi connectivity index (χ1v) is 6.38. The Kier molecular flexibility index (Phi) is 4.63. The van der Waals surface area contributed by atoms with Crippen molar-refractivity contribution in [1.82, 2.24) is 9.88 Å². The van der Waals surface area contributed by atoms with E-state index in [4.69, 9.17) is 0 Å². The molecule has 0 bridgehead atoms. The quantitative estimate of drug-likeness (QED) is 0.821. The maximum atomic E-state index is 11.1. The predicted molar refractivity (Wildman–Crippen MR) is 74.7 cm³/mol. The first-order chi connectivity index (χ1) is 8.21. The number of hydrogen-bond donors (Lipinski definition) is 0. The lowest BCUT2D eigenvalue weighted by atomic mass is 9.91. The van der Waals surface area contributed by atoms with Crippen molar-refractivity contribution in [3.05, 3.63) is 29.6 Å². The zero-order valence-electron chi connectivity index (χ0n) is 12.3. The van der Waals surface area contributed by atoms with Gasteiger partial charge >= 0.3 is 0 Å². The molecule has 3 heteroatoms. The predicted octanol–water partition coefficient (Wildman–Crippen LogP) is 2.96. The van der Waals surface area contributed by atoms with Crippen LogP contribution in [0.25, 0.3) is 0 Å². The summed E-state index contributed by atoms with van der Waals surface area (Å²) in [7, 11) is 1.96. The summed E-state index contributed by atoms with van der Waals surface area (Å²) >= 11 is 0. The standard InChI is InChI=1S/C15H24N2O/c1-11(18)10-17(6)12(2)13-7-8-14(16-9-13)15(3,4)5/h7-9,12H,10H2,1-6H3. The van der Waals surface area contributed by atoms with Crippen molar-refractivity contribution in [3.8, 4) is 0 Å². The van der Waals surface area contributed by atoms with Crippen molar-refractivity contribution in [1.29, 1.82) is 0 Å². The molecule has 1 aromatic heterocycles. The van der Waals surface area contributed by atoms with E-state index in [0.717, 1.165) is 11.3 Å². The van der Waals surface area contributed by atoms with Crippen LogP contribution < -0.4 is 0 Å². The fraction of sp³-hybridized carbons (Fsp3) is 0.600. The number of aromatic nitrogens is 1. The molecule has 0 aliphatic heterocycles. The van der Waals surface area contributed by atoms with Gasteiger partial charge in [0.15, 0.2) is 0 Å². The largest absolute Gasteiger partial charge is 0.299 e. The number of pyridine rings is 1. The molecule has 0 saturated carbocycles. The first kappa shape index (κ1) is 14.8. The maximum absolute atomic E-state index is 11.1. The van der Waals surface area contributed by atoms with Crippen molar-refractivity contribution in [2.24, 2.45) is 0 Å². The van der Waals surface area contributed by atoms with Gasteiger partial charge < -0.3 is 0 Å². The molecule has 0 radical (unpaired) electrons. The second kappa shape index (κ2) is 5.61. The van der Waals surface area contributed by atoms with Crippen LogP contribution in [-0.4, -0.2) is 29.3 Å². The van der Waals surface area contributed by atoms with Gasteiger partial charge in [-0.05, 0) is 32.5 Å². The Morgan fingerprint density at radius 2 is 2.00 bits per heavy atom. The average molecular weight is 248 g/mol. The zero-order chi connectivity index (χ0) is 13.9. The number of Topliss-reactive ketones (excluding diaryl/α,β-unsaturated/α-hetero) is 1. The highest BCUT2D eigenvalue weighted by Crippen LogP contribution is 2.23. The Morgan fingerprint density at radius 3 is 2.39 bits per heavy atom. The van der Waals surface area contributed by atoms with Gasteiger partial charge in [-0.2, -0.15) is 0 Å². The molecule has 0 aliphatic carbocycles. The highest BCUT2D eigenvalue weighted by atomic mass is 16.1. The van der Waals surface area contributed by atoms with Crippen LogP contribution in [-0.2, 0) is 10.2 Å². The monoisotopic (exact) mass is 248 g/mol. The number of ketones is 1. The van der Waals surface area contributed by atoms with Crippen molar-refractivity contribution in [2.75, 3.05) is 13.6 Å². The van der Waals surface area contributed by atoms with E-state index in [2.05, 4.69) is 44.8 Å². The molecule has 1 aromatic rings. The summed E-state index contributed by atoms with van der Waals surface area (Å²) in [5, 5.41) is 0. The van der Waals surface area contributed by atoms with Gasteiger partial charge in [0.25, 0.3) is 0 Å². The lowest BCUT2D eigenvalue weighted by Crippen LogP contribution is -2.27. The van der Waals surface area contributed by atoms with Gasteiger partial charge in [0.1, 0.15) is 5.78 Å². The first-order valence-electron chi connectivity index (χ1n) is 6.38. The lowest BCUT2D eigenvalue weighted by Gasteiger charge is -2.24. The van der Waals surface area contributed by atoms with E-state index >= 15 is 0 Å². The zero-order valence-corrected chi connectivity index (χ0v) is 12.3. The van der Waals surface area contributed by atoms with Gasteiger partial charge in [-0.1, -0.05) is 26.8 Å². The normalized spacial score (nSPS) is 13.7. The molecule has 3 nitrogen and oxygen atoms in total. The molecule has 0 N–H and O–H groups in total. The van der Waals surface area contributed by atoms with E-state index in [0.29, 0.717) is 6.54 Å². The molecule has 18 heavy (non-hydrogen) atoms. The van der Waals surface area contributed by atoms with Crippen LogP contribution in [0.5, 0.6) is 0 Å². The molecule has 100 valence electrons. The number of nitrogens with zero attached hydrogens (tertiary/aromatic N) is 2. The minimum absolute atomic E-state index is 0.0764. The van der Waals surface area contributed by atoms with Crippen LogP contribution in [0, 0.1) is 0 Å². The Morgan fingerprint density at radius 1 is 1.39 bits per heavy atom. The number of hydrogen-bond acceptors (Lipinski definition) is 3. The van der Waals surface area contributed by atoms with Crippen molar-refractivity contribution < 1.29 is 4.79 Å². The van der Waals surface area contributed by atoms with Crippen LogP contribution >= 0.6 is 0 Å². The Balaban J connectivity index is 2.82. The molecule has 0 saturated heterocycles. The van der Waals surface area contributed by atoms with Crippen LogP contribution in [0.1, 0.15) is 51.9 Å². The third-order valence-electron chi connectivity index (χ3n) is 3.17. The van der Waals surface area contributed by atoms with E-state index in [9.17, 15) is 4.79 Å².